The Kier molecular flexibility index (Phi) is 4.89. The number of hydrogen-bond donors (Lipinski definition) is 1. The summed E-state index contributed by atoms with van der Waals surface area (Å²) in [5, 5.41) is 0. The van der Waals surface area contributed by atoms with Gasteiger partial charge in [-0.1, -0.05) is 31.2 Å². The Morgan fingerprint density at radius 3 is 2.35 bits per heavy atom. The summed E-state index contributed by atoms with van der Waals surface area (Å²) < 4.78 is 27.9. The van der Waals surface area contributed by atoms with E-state index in [0.29, 0.717) is 0 Å². The molecule has 2 rings (SSSR count). The number of rotatable bonds is 4. The Hall–Kier alpha value is -1.26. The number of benzene rings is 2. The van der Waals surface area contributed by atoms with Crippen LogP contribution >= 0.6 is 15.9 Å². The van der Waals surface area contributed by atoms with Gasteiger partial charge in [0.2, 0.25) is 0 Å². The molecule has 4 heteroatoms. The summed E-state index contributed by atoms with van der Waals surface area (Å²) in [6, 6.07) is 9.98. The molecule has 2 N–H and O–H groups in total. The minimum Gasteiger partial charge on any atom is -0.324 e. The molecule has 1 atom stereocenters. The predicted molar refractivity (Wildman–Crippen MR) is 80.5 cm³/mol. The predicted octanol–water partition coefficient (Wildman–Crippen LogP) is 4.53. The fraction of sp³-hybridized carbons (Fsp3) is 0.250. The molecule has 0 saturated carbocycles. The summed E-state index contributed by atoms with van der Waals surface area (Å²) in [5.74, 6) is -1.14. The van der Waals surface area contributed by atoms with Crippen LogP contribution in [0.3, 0.4) is 0 Å². The lowest BCUT2D eigenvalue weighted by Gasteiger charge is -2.14. The fourth-order valence-electron chi connectivity index (χ4n) is 2.09. The smallest absolute Gasteiger partial charge is 0.143 e. The Bertz CT molecular complexity index is 596. The second kappa shape index (κ2) is 6.46. The van der Waals surface area contributed by atoms with Crippen LogP contribution in [0.25, 0.3) is 0 Å². The summed E-state index contributed by atoms with van der Waals surface area (Å²) in [4.78, 5) is 0. The van der Waals surface area contributed by atoms with Crippen molar-refractivity contribution in [2.75, 3.05) is 0 Å². The van der Waals surface area contributed by atoms with Gasteiger partial charge < -0.3 is 5.73 Å². The first-order chi connectivity index (χ1) is 9.52. The third kappa shape index (κ3) is 3.25. The van der Waals surface area contributed by atoms with E-state index in [1.807, 2.05) is 24.3 Å². The van der Waals surface area contributed by atoms with Crippen molar-refractivity contribution < 1.29 is 8.78 Å². The van der Waals surface area contributed by atoms with E-state index in [1.54, 1.807) is 0 Å². The van der Waals surface area contributed by atoms with E-state index in [2.05, 4.69) is 22.9 Å². The monoisotopic (exact) mass is 339 g/mol. The highest BCUT2D eigenvalue weighted by atomic mass is 79.9. The summed E-state index contributed by atoms with van der Waals surface area (Å²) in [7, 11) is 0. The van der Waals surface area contributed by atoms with Gasteiger partial charge in [0, 0.05) is 11.6 Å². The van der Waals surface area contributed by atoms with Crippen LogP contribution in [0.4, 0.5) is 8.78 Å². The van der Waals surface area contributed by atoms with E-state index < -0.39 is 17.7 Å². The molecule has 0 spiro atoms. The van der Waals surface area contributed by atoms with E-state index in [9.17, 15) is 8.78 Å². The molecule has 0 aliphatic heterocycles. The highest BCUT2D eigenvalue weighted by Crippen LogP contribution is 2.25. The second-order valence-electron chi connectivity index (χ2n) is 4.73. The van der Waals surface area contributed by atoms with E-state index in [0.717, 1.165) is 12.0 Å². The van der Waals surface area contributed by atoms with E-state index >= 15 is 0 Å². The van der Waals surface area contributed by atoms with Gasteiger partial charge in [-0.3, -0.25) is 0 Å². The zero-order valence-corrected chi connectivity index (χ0v) is 12.8. The van der Waals surface area contributed by atoms with Crippen molar-refractivity contribution in [1.82, 2.24) is 0 Å². The van der Waals surface area contributed by atoms with Gasteiger partial charge in [0.15, 0.2) is 0 Å². The molecule has 20 heavy (non-hydrogen) atoms. The van der Waals surface area contributed by atoms with Crippen LogP contribution in [0.5, 0.6) is 0 Å². The molecule has 1 nitrogen and oxygen atoms in total. The van der Waals surface area contributed by atoms with Gasteiger partial charge in [-0.15, -0.1) is 0 Å². The van der Waals surface area contributed by atoms with Gasteiger partial charge in [-0.2, -0.15) is 0 Å². The standard InChI is InChI=1S/C16H16BrF2N/c1-2-10-3-5-11(6-4-10)15(20)9-12-14(18)8-7-13(17)16(12)19/h3-8,15H,2,9,20H2,1H3. The normalized spacial score (nSPS) is 12.4. The van der Waals surface area contributed by atoms with Gasteiger partial charge >= 0.3 is 0 Å². The molecular formula is C16H16BrF2N. The van der Waals surface area contributed by atoms with Crippen LogP contribution < -0.4 is 5.73 Å². The zero-order valence-electron chi connectivity index (χ0n) is 11.2. The molecule has 0 saturated heterocycles. The molecule has 2 aromatic carbocycles. The Morgan fingerprint density at radius 1 is 1.10 bits per heavy atom. The van der Waals surface area contributed by atoms with Crippen molar-refractivity contribution in [3.63, 3.8) is 0 Å². The van der Waals surface area contributed by atoms with Gasteiger partial charge in [0.1, 0.15) is 11.6 Å². The molecule has 1 unspecified atom stereocenters. The summed E-state index contributed by atoms with van der Waals surface area (Å²) in [5.41, 5.74) is 8.16. The average molecular weight is 340 g/mol. The molecule has 0 fully saturated rings. The maximum Gasteiger partial charge on any atom is 0.143 e. The number of hydrogen-bond acceptors (Lipinski definition) is 1. The summed E-state index contributed by atoms with van der Waals surface area (Å²) in [6.45, 7) is 2.07. The lowest BCUT2D eigenvalue weighted by molar-refractivity contribution is 0.536. The SMILES string of the molecule is CCc1ccc(C(N)Cc2c(F)ccc(Br)c2F)cc1. The van der Waals surface area contributed by atoms with E-state index in [-0.39, 0.29) is 16.5 Å². The molecule has 0 aliphatic rings. The van der Waals surface area contributed by atoms with Gasteiger partial charge in [-0.25, -0.2) is 8.78 Å². The average Bonchev–Trinajstić information content (AvgIpc) is 2.47. The van der Waals surface area contributed by atoms with Crippen molar-refractivity contribution in [3.05, 3.63) is 69.2 Å². The maximum atomic E-state index is 13.9. The van der Waals surface area contributed by atoms with Gasteiger partial charge in [0.25, 0.3) is 0 Å². The molecule has 0 aromatic heterocycles. The molecule has 0 bridgehead atoms. The van der Waals surface area contributed by atoms with Crippen LogP contribution in [0, 0.1) is 11.6 Å². The Balaban J connectivity index is 2.23. The van der Waals surface area contributed by atoms with Crippen LogP contribution in [-0.4, -0.2) is 0 Å². The van der Waals surface area contributed by atoms with Crippen LogP contribution in [0.1, 0.15) is 29.7 Å². The molecular weight excluding hydrogens is 324 g/mol. The van der Waals surface area contributed by atoms with Crippen molar-refractivity contribution in [2.24, 2.45) is 5.73 Å². The zero-order chi connectivity index (χ0) is 14.7. The van der Waals surface area contributed by atoms with E-state index in [4.69, 9.17) is 5.73 Å². The van der Waals surface area contributed by atoms with Crippen molar-refractivity contribution in [1.29, 1.82) is 0 Å². The fourth-order valence-corrected chi connectivity index (χ4v) is 2.47. The second-order valence-corrected chi connectivity index (χ2v) is 5.58. The number of nitrogens with two attached hydrogens (primary N) is 1. The van der Waals surface area contributed by atoms with Gasteiger partial charge in [-0.05, 0) is 52.0 Å². The molecule has 106 valence electrons. The third-order valence-corrected chi connectivity index (χ3v) is 3.99. The minimum absolute atomic E-state index is 0.0199. The lowest BCUT2D eigenvalue weighted by Crippen LogP contribution is -2.15. The number of halogens is 3. The van der Waals surface area contributed by atoms with Crippen molar-refractivity contribution in [3.8, 4) is 0 Å². The van der Waals surface area contributed by atoms with Crippen LogP contribution in [-0.2, 0) is 12.8 Å². The first kappa shape index (κ1) is 15.1. The minimum atomic E-state index is -0.578. The van der Waals surface area contributed by atoms with Gasteiger partial charge in [0.05, 0.1) is 4.47 Å². The van der Waals surface area contributed by atoms with Crippen LogP contribution in [0.15, 0.2) is 40.9 Å². The number of aryl methyl sites for hydroxylation is 1. The Labute approximate surface area is 125 Å². The molecule has 0 radical (unpaired) electrons. The Morgan fingerprint density at radius 2 is 1.75 bits per heavy atom. The third-order valence-electron chi connectivity index (χ3n) is 3.38. The highest BCUT2D eigenvalue weighted by molar-refractivity contribution is 9.10. The quantitative estimate of drug-likeness (QED) is 0.813. The maximum absolute atomic E-state index is 13.9. The van der Waals surface area contributed by atoms with Crippen LogP contribution in [0.2, 0.25) is 0 Å². The highest BCUT2D eigenvalue weighted by Gasteiger charge is 2.16. The van der Waals surface area contributed by atoms with E-state index in [1.165, 1.54) is 17.7 Å². The summed E-state index contributed by atoms with van der Waals surface area (Å²) in [6.07, 6.45) is 1.08. The first-order valence-corrected chi connectivity index (χ1v) is 7.29. The lowest BCUT2D eigenvalue weighted by atomic mass is 9.97. The van der Waals surface area contributed by atoms with Crippen molar-refractivity contribution >= 4 is 15.9 Å². The molecule has 2 aromatic rings. The molecule has 0 heterocycles. The van der Waals surface area contributed by atoms with Crippen molar-refractivity contribution in [2.45, 2.75) is 25.8 Å². The largest absolute Gasteiger partial charge is 0.324 e. The topological polar surface area (TPSA) is 26.0 Å². The first-order valence-electron chi connectivity index (χ1n) is 6.49. The molecule has 0 aliphatic carbocycles. The molecule has 0 amide bonds. The summed E-state index contributed by atoms with van der Waals surface area (Å²) >= 11 is 3.06.